The molecule has 2 rings (SSSR count). The topological polar surface area (TPSA) is 35.5 Å². The van der Waals surface area contributed by atoms with Crippen LogP contribution in [0.4, 0.5) is 0 Å². The highest BCUT2D eigenvalue weighted by Gasteiger charge is 2.02. The molecule has 0 amide bonds. The summed E-state index contributed by atoms with van der Waals surface area (Å²) in [5.41, 5.74) is 0.394. The molecule has 3 heteroatoms. The van der Waals surface area contributed by atoms with Crippen LogP contribution in [0.15, 0.2) is 54.6 Å². The van der Waals surface area contributed by atoms with Crippen molar-refractivity contribution in [3.63, 3.8) is 0 Å². The van der Waals surface area contributed by atoms with Crippen molar-refractivity contribution in [3.05, 3.63) is 54.6 Å². The van der Waals surface area contributed by atoms with Crippen LogP contribution in [-0.2, 0) is 9.53 Å². The van der Waals surface area contributed by atoms with Crippen molar-refractivity contribution in [2.24, 2.45) is 0 Å². The van der Waals surface area contributed by atoms with E-state index in [0.29, 0.717) is 12.2 Å². The number of ether oxygens (including phenoxy) is 2. The molecule has 0 aliphatic heterocycles. The van der Waals surface area contributed by atoms with Gasteiger partial charge >= 0.3 is 5.97 Å². The third kappa shape index (κ3) is 3.58. The highest BCUT2D eigenvalue weighted by molar-refractivity contribution is 5.87. The number of hydrogen-bond acceptors (Lipinski definition) is 3. The minimum absolute atomic E-state index is 0.221. The van der Waals surface area contributed by atoms with Crippen LogP contribution < -0.4 is 4.74 Å². The Morgan fingerprint density at radius 3 is 2.58 bits per heavy atom. The average molecular weight is 256 g/mol. The maximum absolute atomic E-state index is 11.2. The molecule has 0 radical (unpaired) electrons. The lowest BCUT2D eigenvalue weighted by Crippen LogP contribution is -2.12. The SMILES string of the molecule is C=C(C)C(=O)OCCOc1ccc2ccccc2c1. The molecule has 98 valence electrons. The van der Waals surface area contributed by atoms with Crippen molar-refractivity contribution >= 4 is 16.7 Å². The molecule has 0 saturated carbocycles. The molecule has 0 aromatic heterocycles. The lowest BCUT2D eigenvalue weighted by molar-refractivity contribution is -0.139. The van der Waals surface area contributed by atoms with Crippen LogP contribution in [0.1, 0.15) is 6.92 Å². The van der Waals surface area contributed by atoms with Gasteiger partial charge in [0.2, 0.25) is 0 Å². The van der Waals surface area contributed by atoms with Gasteiger partial charge in [-0.2, -0.15) is 0 Å². The fourth-order valence-corrected chi connectivity index (χ4v) is 1.67. The Morgan fingerprint density at radius 2 is 1.84 bits per heavy atom. The smallest absolute Gasteiger partial charge is 0.333 e. The third-order valence-electron chi connectivity index (χ3n) is 2.65. The number of esters is 1. The van der Waals surface area contributed by atoms with Crippen molar-refractivity contribution in [3.8, 4) is 5.75 Å². The Morgan fingerprint density at radius 1 is 1.11 bits per heavy atom. The van der Waals surface area contributed by atoms with E-state index < -0.39 is 0 Å². The molecule has 0 N–H and O–H groups in total. The van der Waals surface area contributed by atoms with E-state index >= 15 is 0 Å². The lowest BCUT2D eigenvalue weighted by atomic mass is 10.1. The van der Waals surface area contributed by atoms with Gasteiger partial charge in [0, 0.05) is 5.57 Å². The van der Waals surface area contributed by atoms with Crippen LogP contribution >= 0.6 is 0 Å². The monoisotopic (exact) mass is 256 g/mol. The first kappa shape index (κ1) is 13.1. The van der Waals surface area contributed by atoms with E-state index in [9.17, 15) is 4.79 Å². The Kier molecular flexibility index (Phi) is 4.18. The molecule has 0 heterocycles. The standard InChI is InChI=1S/C16H16O3/c1-12(2)16(17)19-10-9-18-15-8-7-13-5-3-4-6-14(13)11-15/h3-8,11H,1,9-10H2,2H3. The van der Waals surface area contributed by atoms with Crippen molar-refractivity contribution in [2.45, 2.75) is 6.92 Å². The summed E-state index contributed by atoms with van der Waals surface area (Å²) in [6.45, 7) is 5.68. The molecular weight excluding hydrogens is 240 g/mol. The molecule has 0 atom stereocenters. The quantitative estimate of drug-likeness (QED) is 0.467. The highest BCUT2D eigenvalue weighted by atomic mass is 16.6. The molecule has 3 nitrogen and oxygen atoms in total. The van der Waals surface area contributed by atoms with E-state index in [1.165, 1.54) is 5.39 Å². The molecule has 0 aliphatic carbocycles. The number of hydrogen-bond donors (Lipinski definition) is 0. The molecule has 0 spiro atoms. The molecule has 19 heavy (non-hydrogen) atoms. The molecule has 0 aliphatic rings. The number of fused-ring (bicyclic) bond motifs is 1. The average Bonchev–Trinajstić information content (AvgIpc) is 2.43. The van der Waals surface area contributed by atoms with Gasteiger partial charge in [0.1, 0.15) is 19.0 Å². The number of benzene rings is 2. The minimum atomic E-state index is -0.387. The zero-order valence-electron chi connectivity index (χ0n) is 10.9. The van der Waals surface area contributed by atoms with E-state index in [0.717, 1.165) is 11.1 Å². The fourth-order valence-electron chi connectivity index (χ4n) is 1.67. The Labute approximate surface area is 112 Å². The third-order valence-corrected chi connectivity index (χ3v) is 2.65. The second-order valence-electron chi connectivity index (χ2n) is 4.27. The van der Waals surface area contributed by atoms with Crippen molar-refractivity contribution in [1.29, 1.82) is 0 Å². The second-order valence-corrected chi connectivity index (χ2v) is 4.27. The van der Waals surface area contributed by atoms with Gasteiger partial charge in [0.05, 0.1) is 0 Å². The van der Waals surface area contributed by atoms with Crippen molar-refractivity contribution in [2.75, 3.05) is 13.2 Å². The van der Waals surface area contributed by atoms with Gasteiger partial charge in [-0.1, -0.05) is 36.9 Å². The molecule has 0 unspecified atom stereocenters. The van der Waals surface area contributed by atoms with Gasteiger partial charge in [-0.15, -0.1) is 0 Å². The molecular formula is C16H16O3. The van der Waals surface area contributed by atoms with Crippen molar-refractivity contribution < 1.29 is 14.3 Å². The summed E-state index contributed by atoms with van der Waals surface area (Å²) in [4.78, 5) is 11.2. The normalized spacial score (nSPS) is 10.2. The van der Waals surface area contributed by atoms with Crippen LogP contribution in [0.5, 0.6) is 5.75 Å². The Balaban J connectivity index is 1.88. The van der Waals surface area contributed by atoms with Gasteiger partial charge in [-0.25, -0.2) is 4.79 Å². The lowest BCUT2D eigenvalue weighted by Gasteiger charge is -2.08. The molecule has 2 aromatic rings. The summed E-state index contributed by atoms with van der Waals surface area (Å²) in [7, 11) is 0. The van der Waals surface area contributed by atoms with E-state index in [1.807, 2.05) is 42.5 Å². The van der Waals surface area contributed by atoms with Crippen LogP contribution in [0.3, 0.4) is 0 Å². The second kappa shape index (κ2) is 6.05. The Hall–Kier alpha value is -2.29. The van der Waals surface area contributed by atoms with Gasteiger partial charge in [0.25, 0.3) is 0 Å². The Bertz CT molecular complexity index is 602. The summed E-state index contributed by atoms with van der Waals surface area (Å²) in [6, 6.07) is 13.9. The zero-order valence-corrected chi connectivity index (χ0v) is 10.9. The maximum Gasteiger partial charge on any atom is 0.333 e. The number of rotatable bonds is 5. The first-order valence-corrected chi connectivity index (χ1v) is 6.11. The molecule has 0 fully saturated rings. The van der Waals surface area contributed by atoms with Gasteiger partial charge in [0.15, 0.2) is 0 Å². The van der Waals surface area contributed by atoms with E-state index in [1.54, 1.807) is 6.92 Å². The molecule has 0 bridgehead atoms. The molecule has 2 aromatic carbocycles. The largest absolute Gasteiger partial charge is 0.490 e. The summed E-state index contributed by atoms with van der Waals surface area (Å²) < 4.78 is 10.5. The van der Waals surface area contributed by atoms with Crippen molar-refractivity contribution in [1.82, 2.24) is 0 Å². The van der Waals surface area contributed by atoms with Crippen LogP contribution in [0, 0.1) is 0 Å². The summed E-state index contributed by atoms with van der Waals surface area (Å²) in [5.74, 6) is 0.382. The van der Waals surface area contributed by atoms with Gasteiger partial charge in [-0.05, 0) is 29.8 Å². The van der Waals surface area contributed by atoms with Crippen LogP contribution in [-0.4, -0.2) is 19.2 Å². The van der Waals surface area contributed by atoms with Gasteiger partial charge < -0.3 is 9.47 Å². The maximum atomic E-state index is 11.2. The van der Waals surface area contributed by atoms with E-state index in [-0.39, 0.29) is 12.6 Å². The molecule has 0 saturated heterocycles. The predicted molar refractivity (Wildman–Crippen MR) is 75.2 cm³/mol. The number of carbonyl (C=O) groups is 1. The first-order chi connectivity index (χ1) is 9.16. The van der Waals surface area contributed by atoms with Crippen LogP contribution in [0.25, 0.3) is 10.8 Å². The fraction of sp³-hybridized carbons (Fsp3) is 0.188. The zero-order chi connectivity index (χ0) is 13.7. The first-order valence-electron chi connectivity index (χ1n) is 6.11. The van der Waals surface area contributed by atoms with E-state index in [4.69, 9.17) is 9.47 Å². The number of carbonyl (C=O) groups excluding carboxylic acids is 1. The predicted octanol–water partition coefficient (Wildman–Crippen LogP) is 3.34. The summed E-state index contributed by atoms with van der Waals surface area (Å²) in [6.07, 6.45) is 0. The van der Waals surface area contributed by atoms with Gasteiger partial charge in [-0.3, -0.25) is 0 Å². The highest BCUT2D eigenvalue weighted by Crippen LogP contribution is 2.20. The van der Waals surface area contributed by atoms with Crippen LogP contribution in [0.2, 0.25) is 0 Å². The summed E-state index contributed by atoms with van der Waals surface area (Å²) in [5, 5.41) is 2.29. The summed E-state index contributed by atoms with van der Waals surface area (Å²) >= 11 is 0. The van der Waals surface area contributed by atoms with E-state index in [2.05, 4.69) is 6.58 Å². The minimum Gasteiger partial charge on any atom is -0.490 e.